The number of anilines is 1. The van der Waals surface area contributed by atoms with Crippen molar-refractivity contribution in [3.63, 3.8) is 0 Å². The Hall–Kier alpha value is -1.65. The van der Waals surface area contributed by atoms with Gasteiger partial charge in [-0.3, -0.25) is 4.79 Å². The van der Waals surface area contributed by atoms with Crippen LogP contribution in [0.5, 0.6) is 0 Å². The summed E-state index contributed by atoms with van der Waals surface area (Å²) in [6, 6.07) is 13.8. The number of carbonyl (C=O) groups excluding carboxylic acids is 1. The number of thiophene rings is 1. The number of rotatable bonds is 5. The summed E-state index contributed by atoms with van der Waals surface area (Å²) >= 11 is 1.69. The van der Waals surface area contributed by atoms with Gasteiger partial charge in [0.05, 0.1) is 6.54 Å². The largest absolute Gasteiger partial charge is 0.325 e. The van der Waals surface area contributed by atoms with E-state index in [1.165, 1.54) is 4.88 Å². The van der Waals surface area contributed by atoms with E-state index >= 15 is 0 Å². The third-order valence-electron chi connectivity index (χ3n) is 2.60. The maximum Gasteiger partial charge on any atom is 0.238 e. The van der Waals surface area contributed by atoms with Gasteiger partial charge in [-0.25, -0.2) is 0 Å². The minimum absolute atomic E-state index is 0.0235. The Morgan fingerprint density at radius 1 is 1.22 bits per heavy atom. The first-order valence-electron chi connectivity index (χ1n) is 5.87. The van der Waals surface area contributed by atoms with Crippen LogP contribution in [0.25, 0.3) is 0 Å². The Balaban J connectivity index is 1.79. The number of nitrogens with one attached hydrogen (secondary N) is 2. The van der Waals surface area contributed by atoms with Crippen molar-refractivity contribution >= 4 is 22.9 Å². The molecular weight excluding hydrogens is 244 g/mol. The molecule has 0 saturated heterocycles. The van der Waals surface area contributed by atoms with Gasteiger partial charge in [0.2, 0.25) is 5.91 Å². The Morgan fingerprint density at radius 2 is 2.00 bits per heavy atom. The second kappa shape index (κ2) is 6.33. The van der Waals surface area contributed by atoms with Gasteiger partial charge in [-0.1, -0.05) is 24.3 Å². The maximum absolute atomic E-state index is 11.7. The summed E-state index contributed by atoms with van der Waals surface area (Å²) in [5, 5.41) is 8.09. The Bertz CT molecular complexity index is 482. The van der Waals surface area contributed by atoms with Gasteiger partial charge < -0.3 is 10.6 Å². The van der Waals surface area contributed by atoms with Gasteiger partial charge in [-0.05, 0) is 30.5 Å². The highest BCUT2D eigenvalue weighted by Gasteiger charge is 2.08. The highest BCUT2D eigenvalue weighted by atomic mass is 32.1. The fourth-order valence-corrected chi connectivity index (χ4v) is 2.37. The molecule has 0 bridgehead atoms. The van der Waals surface area contributed by atoms with Gasteiger partial charge in [0, 0.05) is 16.6 Å². The van der Waals surface area contributed by atoms with E-state index < -0.39 is 0 Å². The van der Waals surface area contributed by atoms with Crippen LogP contribution >= 0.6 is 11.3 Å². The van der Waals surface area contributed by atoms with Gasteiger partial charge in [-0.2, -0.15) is 0 Å². The first-order valence-corrected chi connectivity index (χ1v) is 6.75. The number of benzene rings is 1. The smallest absolute Gasteiger partial charge is 0.238 e. The molecule has 0 aliphatic rings. The molecule has 4 heteroatoms. The van der Waals surface area contributed by atoms with Gasteiger partial charge in [0.1, 0.15) is 0 Å². The summed E-state index contributed by atoms with van der Waals surface area (Å²) in [6.07, 6.45) is 0. The molecule has 1 aromatic carbocycles. The standard InChI is InChI=1S/C14H16N2OS/c1-11(13-8-5-9-18-13)15-10-14(17)16-12-6-3-2-4-7-12/h2-9,11,15H,10H2,1H3,(H,16,17)/t11-/m0/s1. The van der Waals surface area contributed by atoms with E-state index in [0.29, 0.717) is 6.54 Å². The monoisotopic (exact) mass is 260 g/mol. The normalized spacial score (nSPS) is 12.1. The number of hydrogen-bond acceptors (Lipinski definition) is 3. The zero-order chi connectivity index (χ0) is 12.8. The lowest BCUT2D eigenvalue weighted by Crippen LogP contribution is -2.29. The van der Waals surface area contributed by atoms with Crippen molar-refractivity contribution in [2.45, 2.75) is 13.0 Å². The third-order valence-corrected chi connectivity index (χ3v) is 3.65. The van der Waals surface area contributed by atoms with Crippen molar-refractivity contribution in [1.29, 1.82) is 0 Å². The summed E-state index contributed by atoms with van der Waals surface area (Å²) in [5.74, 6) is -0.0235. The summed E-state index contributed by atoms with van der Waals surface area (Å²) in [6.45, 7) is 2.37. The average molecular weight is 260 g/mol. The molecule has 3 nitrogen and oxygen atoms in total. The fourth-order valence-electron chi connectivity index (χ4n) is 1.61. The number of para-hydroxylation sites is 1. The molecule has 0 unspecified atom stereocenters. The van der Waals surface area contributed by atoms with E-state index in [0.717, 1.165) is 5.69 Å². The van der Waals surface area contributed by atoms with Crippen LogP contribution in [0, 0.1) is 0 Å². The molecule has 0 fully saturated rings. The Labute approximate surface area is 111 Å². The molecular formula is C14H16N2OS. The molecule has 0 saturated carbocycles. The van der Waals surface area contributed by atoms with Gasteiger partial charge >= 0.3 is 0 Å². The molecule has 1 atom stereocenters. The van der Waals surface area contributed by atoms with Gasteiger partial charge in [0.25, 0.3) is 0 Å². The van der Waals surface area contributed by atoms with Crippen molar-refractivity contribution in [2.24, 2.45) is 0 Å². The topological polar surface area (TPSA) is 41.1 Å². The van der Waals surface area contributed by atoms with Crippen molar-refractivity contribution in [2.75, 3.05) is 11.9 Å². The van der Waals surface area contributed by atoms with Crippen LogP contribution in [0.1, 0.15) is 17.8 Å². The number of hydrogen-bond donors (Lipinski definition) is 2. The summed E-state index contributed by atoms with van der Waals surface area (Å²) in [7, 11) is 0. The predicted molar refractivity (Wildman–Crippen MR) is 75.8 cm³/mol. The summed E-state index contributed by atoms with van der Waals surface area (Å²) in [5.41, 5.74) is 0.827. The Kier molecular flexibility index (Phi) is 4.50. The fraction of sp³-hybridized carbons (Fsp3) is 0.214. The number of carbonyl (C=O) groups is 1. The van der Waals surface area contributed by atoms with E-state index in [9.17, 15) is 4.79 Å². The summed E-state index contributed by atoms with van der Waals surface area (Å²) in [4.78, 5) is 13.0. The quantitative estimate of drug-likeness (QED) is 0.867. The molecule has 94 valence electrons. The molecule has 2 rings (SSSR count). The van der Waals surface area contributed by atoms with Crippen LogP contribution in [0.2, 0.25) is 0 Å². The highest BCUT2D eigenvalue weighted by molar-refractivity contribution is 7.10. The first-order chi connectivity index (χ1) is 8.75. The lowest BCUT2D eigenvalue weighted by Gasteiger charge is -2.12. The number of amides is 1. The second-order valence-electron chi connectivity index (χ2n) is 4.03. The molecule has 1 amide bonds. The molecule has 18 heavy (non-hydrogen) atoms. The third kappa shape index (κ3) is 3.68. The first kappa shape index (κ1) is 12.8. The molecule has 0 spiro atoms. The van der Waals surface area contributed by atoms with E-state index in [4.69, 9.17) is 0 Å². The molecule has 2 aromatic rings. The molecule has 0 radical (unpaired) electrons. The lowest BCUT2D eigenvalue weighted by molar-refractivity contribution is -0.115. The minimum Gasteiger partial charge on any atom is -0.325 e. The predicted octanol–water partition coefficient (Wildman–Crippen LogP) is 3.04. The van der Waals surface area contributed by atoms with Crippen molar-refractivity contribution in [3.05, 3.63) is 52.7 Å². The van der Waals surface area contributed by atoms with Crippen LogP contribution in [-0.2, 0) is 4.79 Å². The lowest BCUT2D eigenvalue weighted by atomic mass is 10.2. The molecule has 0 aliphatic carbocycles. The second-order valence-corrected chi connectivity index (χ2v) is 5.01. The van der Waals surface area contributed by atoms with Crippen LogP contribution in [0.15, 0.2) is 47.8 Å². The van der Waals surface area contributed by atoms with Crippen LogP contribution in [0.3, 0.4) is 0 Å². The zero-order valence-corrected chi connectivity index (χ0v) is 11.0. The van der Waals surface area contributed by atoms with Crippen LogP contribution in [0.4, 0.5) is 5.69 Å². The van der Waals surface area contributed by atoms with E-state index in [1.54, 1.807) is 11.3 Å². The summed E-state index contributed by atoms with van der Waals surface area (Å²) < 4.78 is 0. The van der Waals surface area contributed by atoms with Crippen molar-refractivity contribution in [1.82, 2.24) is 5.32 Å². The van der Waals surface area contributed by atoms with E-state index in [2.05, 4.69) is 23.6 Å². The van der Waals surface area contributed by atoms with E-state index in [1.807, 2.05) is 41.8 Å². The molecule has 1 heterocycles. The SMILES string of the molecule is C[C@H](NCC(=O)Nc1ccccc1)c1cccs1. The molecule has 0 aliphatic heterocycles. The Morgan fingerprint density at radius 3 is 2.67 bits per heavy atom. The van der Waals surface area contributed by atoms with Crippen molar-refractivity contribution in [3.8, 4) is 0 Å². The van der Waals surface area contributed by atoms with Crippen molar-refractivity contribution < 1.29 is 4.79 Å². The van der Waals surface area contributed by atoms with Crippen LogP contribution < -0.4 is 10.6 Å². The minimum atomic E-state index is -0.0235. The maximum atomic E-state index is 11.7. The van der Waals surface area contributed by atoms with Gasteiger partial charge in [-0.15, -0.1) is 11.3 Å². The van der Waals surface area contributed by atoms with Crippen LogP contribution in [-0.4, -0.2) is 12.5 Å². The molecule has 2 N–H and O–H groups in total. The van der Waals surface area contributed by atoms with E-state index in [-0.39, 0.29) is 11.9 Å². The average Bonchev–Trinajstić information content (AvgIpc) is 2.91. The highest BCUT2D eigenvalue weighted by Crippen LogP contribution is 2.17. The zero-order valence-electron chi connectivity index (χ0n) is 10.2. The van der Waals surface area contributed by atoms with Gasteiger partial charge in [0.15, 0.2) is 0 Å². The molecule has 1 aromatic heterocycles.